The molecule has 0 spiro atoms. The molecule has 6 heteroatoms. The molecule has 0 atom stereocenters. The van der Waals surface area contributed by atoms with Gasteiger partial charge in [-0.05, 0) is 50.5 Å². The van der Waals surface area contributed by atoms with Crippen molar-refractivity contribution in [2.24, 2.45) is 0 Å². The molecule has 0 saturated heterocycles. The summed E-state index contributed by atoms with van der Waals surface area (Å²) in [7, 11) is 0. The molecule has 3 rings (SSSR count). The van der Waals surface area contributed by atoms with Crippen LogP contribution in [0.15, 0.2) is 21.3 Å². The van der Waals surface area contributed by atoms with Gasteiger partial charge in [-0.3, -0.25) is 0 Å². The van der Waals surface area contributed by atoms with Crippen LogP contribution >= 0.6 is 0 Å². The molecule has 0 saturated carbocycles. The molecule has 2 heterocycles. The summed E-state index contributed by atoms with van der Waals surface area (Å²) in [5.74, 6) is 0.335. The van der Waals surface area contributed by atoms with Gasteiger partial charge in [0, 0.05) is 20.0 Å². The first-order chi connectivity index (χ1) is 10.7. The third-order valence-electron chi connectivity index (χ3n) is 3.72. The lowest BCUT2D eigenvalue weighted by atomic mass is 9.98. The van der Waals surface area contributed by atoms with Gasteiger partial charge in [-0.15, -0.1) is 0 Å². The lowest BCUT2D eigenvalue weighted by Gasteiger charge is -2.31. The fraction of sp³-hybridized carbons (Fsp3) is 0.471. The summed E-state index contributed by atoms with van der Waals surface area (Å²) in [5.41, 5.74) is 1.76. The predicted molar refractivity (Wildman–Crippen MR) is 85.4 cm³/mol. The van der Waals surface area contributed by atoms with E-state index in [0.717, 1.165) is 11.1 Å². The average Bonchev–Trinajstić information content (AvgIpc) is 2.43. The Balaban J connectivity index is 1.93. The fourth-order valence-corrected chi connectivity index (χ4v) is 2.72. The Bertz CT molecular complexity index is 833. The Hall–Kier alpha value is -2.37. The number of hydrogen-bond donors (Lipinski definition) is 0. The Kier molecular flexibility index (Phi) is 3.62. The van der Waals surface area contributed by atoms with Gasteiger partial charge in [-0.25, -0.2) is 14.6 Å². The molecule has 122 valence electrons. The van der Waals surface area contributed by atoms with E-state index in [1.807, 2.05) is 32.9 Å². The molecular weight excluding hydrogens is 296 g/mol. The Morgan fingerprint density at radius 2 is 2.04 bits per heavy atom. The van der Waals surface area contributed by atoms with Crippen LogP contribution in [0, 0.1) is 6.92 Å². The molecule has 0 radical (unpaired) electrons. The minimum absolute atomic E-state index is 0.319. The number of benzene rings is 1. The maximum absolute atomic E-state index is 12.2. The third kappa shape index (κ3) is 3.21. The maximum Gasteiger partial charge on any atom is 0.410 e. The number of fused-ring (bicyclic) bond motifs is 2. The van der Waals surface area contributed by atoms with E-state index in [0.29, 0.717) is 36.3 Å². The lowest BCUT2D eigenvalue weighted by molar-refractivity contribution is 0.0224. The smallest absolute Gasteiger partial charge is 0.410 e. The average molecular weight is 316 g/mol. The largest absolute Gasteiger partial charge is 0.444 e. The number of aromatic nitrogens is 1. The van der Waals surface area contributed by atoms with Crippen molar-refractivity contribution in [2.75, 3.05) is 6.54 Å². The van der Waals surface area contributed by atoms with E-state index in [4.69, 9.17) is 9.15 Å². The highest BCUT2D eigenvalue weighted by molar-refractivity contribution is 5.79. The van der Waals surface area contributed by atoms with E-state index in [9.17, 15) is 9.59 Å². The van der Waals surface area contributed by atoms with Crippen LogP contribution in [-0.2, 0) is 17.7 Å². The molecule has 0 unspecified atom stereocenters. The molecule has 1 aliphatic rings. The SMILES string of the molecule is Cc1nc2cc3c(cc2c(=O)o1)CCN(C(=O)OC(C)(C)C)C3. The summed E-state index contributed by atoms with van der Waals surface area (Å²) in [5, 5.41) is 0.486. The van der Waals surface area contributed by atoms with Gasteiger partial charge in [0.15, 0.2) is 5.89 Å². The van der Waals surface area contributed by atoms with E-state index < -0.39 is 5.60 Å². The number of ether oxygens (including phenoxy) is 1. The van der Waals surface area contributed by atoms with Crippen molar-refractivity contribution in [3.63, 3.8) is 0 Å². The van der Waals surface area contributed by atoms with Crippen LogP contribution in [0.1, 0.15) is 37.8 Å². The van der Waals surface area contributed by atoms with Crippen LogP contribution in [0.25, 0.3) is 10.9 Å². The number of nitrogens with zero attached hydrogens (tertiary/aromatic N) is 2. The quantitative estimate of drug-likeness (QED) is 0.747. The molecular formula is C17H20N2O4. The molecule has 1 aromatic carbocycles. The summed E-state index contributed by atoms with van der Waals surface area (Å²) in [6.45, 7) is 8.22. The summed E-state index contributed by atoms with van der Waals surface area (Å²) < 4.78 is 10.5. The summed E-state index contributed by atoms with van der Waals surface area (Å²) >= 11 is 0. The molecule has 0 bridgehead atoms. The highest BCUT2D eigenvalue weighted by Gasteiger charge is 2.26. The van der Waals surface area contributed by atoms with Crippen LogP contribution < -0.4 is 5.63 Å². The van der Waals surface area contributed by atoms with Gasteiger partial charge in [0.1, 0.15) is 5.60 Å². The molecule has 1 aromatic heterocycles. The number of hydrogen-bond acceptors (Lipinski definition) is 5. The zero-order valence-electron chi connectivity index (χ0n) is 13.8. The van der Waals surface area contributed by atoms with Crippen LogP contribution in [0.2, 0.25) is 0 Å². The molecule has 0 aliphatic carbocycles. The normalized spacial score (nSPS) is 14.7. The fourth-order valence-electron chi connectivity index (χ4n) is 2.72. The van der Waals surface area contributed by atoms with E-state index in [1.165, 1.54) is 0 Å². The standard InChI is InChI=1S/C17H20N2O4/c1-10-18-14-8-12-9-19(16(21)23-17(2,3)4)6-5-11(12)7-13(14)15(20)22-10/h7-8H,5-6,9H2,1-4H3. The van der Waals surface area contributed by atoms with E-state index in [-0.39, 0.29) is 11.7 Å². The molecule has 6 nitrogen and oxygen atoms in total. The Morgan fingerprint density at radius 1 is 1.30 bits per heavy atom. The zero-order chi connectivity index (χ0) is 16.8. The summed E-state index contributed by atoms with van der Waals surface area (Å²) in [6.07, 6.45) is 0.359. The number of carbonyl (C=O) groups is 1. The first-order valence-corrected chi connectivity index (χ1v) is 7.64. The number of amides is 1. The molecule has 2 aromatic rings. The second kappa shape index (κ2) is 5.37. The monoisotopic (exact) mass is 316 g/mol. The van der Waals surface area contributed by atoms with Gasteiger partial charge in [0.2, 0.25) is 0 Å². The number of aryl methyl sites for hydroxylation is 1. The molecule has 23 heavy (non-hydrogen) atoms. The summed E-state index contributed by atoms with van der Waals surface area (Å²) in [4.78, 5) is 30.1. The number of carbonyl (C=O) groups excluding carboxylic acids is 1. The van der Waals surface area contributed by atoms with E-state index in [1.54, 1.807) is 11.8 Å². The molecule has 1 aliphatic heterocycles. The first kappa shape index (κ1) is 15.5. The van der Waals surface area contributed by atoms with Crippen molar-refractivity contribution >= 4 is 17.0 Å². The maximum atomic E-state index is 12.2. The van der Waals surface area contributed by atoms with Crippen molar-refractivity contribution in [1.29, 1.82) is 0 Å². The highest BCUT2D eigenvalue weighted by Crippen LogP contribution is 2.24. The van der Waals surface area contributed by atoms with Crippen LogP contribution in [0.4, 0.5) is 4.79 Å². The predicted octanol–water partition coefficient (Wildman–Crippen LogP) is 2.79. The Labute approximate surface area is 134 Å². The molecule has 1 amide bonds. The third-order valence-corrected chi connectivity index (χ3v) is 3.72. The summed E-state index contributed by atoms with van der Waals surface area (Å²) in [6, 6.07) is 3.69. The number of rotatable bonds is 0. The first-order valence-electron chi connectivity index (χ1n) is 7.64. The van der Waals surface area contributed by atoms with Crippen molar-refractivity contribution < 1.29 is 13.9 Å². The van der Waals surface area contributed by atoms with Gasteiger partial charge in [-0.1, -0.05) is 0 Å². The van der Waals surface area contributed by atoms with Gasteiger partial charge in [0.25, 0.3) is 0 Å². The lowest BCUT2D eigenvalue weighted by Crippen LogP contribution is -2.39. The van der Waals surface area contributed by atoms with Crippen LogP contribution in [-0.4, -0.2) is 28.1 Å². The van der Waals surface area contributed by atoms with Crippen molar-refractivity contribution in [3.05, 3.63) is 39.6 Å². The van der Waals surface area contributed by atoms with Gasteiger partial charge >= 0.3 is 11.7 Å². The van der Waals surface area contributed by atoms with Crippen molar-refractivity contribution in [3.8, 4) is 0 Å². The van der Waals surface area contributed by atoms with Crippen LogP contribution in [0.5, 0.6) is 0 Å². The minimum atomic E-state index is -0.515. The van der Waals surface area contributed by atoms with Crippen LogP contribution in [0.3, 0.4) is 0 Å². The van der Waals surface area contributed by atoms with Gasteiger partial charge in [-0.2, -0.15) is 0 Å². The van der Waals surface area contributed by atoms with E-state index >= 15 is 0 Å². The van der Waals surface area contributed by atoms with Gasteiger partial charge < -0.3 is 14.1 Å². The Morgan fingerprint density at radius 3 is 2.74 bits per heavy atom. The van der Waals surface area contributed by atoms with Crippen molar-refractivity contribution in [2.45, 2.75) is 46.3 Å². The van der Waals surface area contributed by atoms with Gasteiger partial charge in [0.05, 0.1) is 10.9 Å². The molecule has 0 fully saturated rings. The highest BCUT2D eigenvalue weighted by atomic mass is 16.6. The van der Waals surface area contributed by atoms with E-state index in [2.05, 4.69) is 4.98 Å². The van der Waals surface area contributed by atoms with Crippen molar-refractivity contribution in [1.82, 2.24) is 9.88 Å². The topological polar surface area (TPSA) is 72.6 Å². The minimum Gasteiger partial charge on any atom is -0.444 e. The molecule has 0 N–H and O–H groups in total. The second-order valence-corrected chi connectivity index (χ2v) is 6.81. The zero-order valence-corrected chi connectivity index (χ0v) is 13.8. The second-order valence-electron chi connectivity index (χ2n) is 6.81.